The van der Waals surface area contributed by atoms with Crippen LogP contribution < -0.4 is 4.74 Å². The number of aryl methyl sites for hydroxylation is 2. The smallest absolute Gasteiger partial charge is 0.182 e. The van der Waals surface area contributed by atoms with Gasteiger partial charge in [-0.15, -0.1) is 5.10 Å². The highest BCUT2D eigenvalue weighted by Gasteiger charge is 2.19. The highest BCUT2D eigenvalue weighted by atomic mass is 16.5. The van der Waals surface area contributed by atoms with Crippen LogP contribution >= 0.6 is 0 Å². The third kappa shape index (κ3) is 2.68. The minimum atomic E-state index is 0.703. The lowest BCUT2D eigenvalue weighted by Crippen LogP contribution is -1.99. The SMILES string of the molecule is COc1cccc(-n2c(C)c(C)c3c2ncn2nc(-c4cccc(C)c4)nc32)c1. The van der Waals surface area contributed by atoms with Crippen LogP contribution in [0.15, 0.2) is 54.9 Å². The Kier molecular flexibility index (Phi) is 3.87. The molecule has 0 saturated heterocycles. The van der Waals surface area contributed by atoms with E-state index in [9.17, 15) is 0 Å². The second-order valence-corrected chi connectivity index (χ2v) is 7.26. The zero-order chi connectivity index (χ0) is 20.1. The number of rotatable bonds is 3. The van der Waals surface area contributed by atoms with Crippen LogP contribution in [0, 0.1) is 20.8 Å². The highest BCUT2D eigenvalue weighted by Crippen LogP contribution is 2.31. The van der Waals surface area contributed by atoms with Gasteiger partial charge < -0.3 is 4.74 Å². The molecule has 144 valence electrons. The van der Waals surface area contributed by atoms with Crippen molar-refractivity contribution in [2.24, 2.45) is 0 Å². The third-order valence-electron chi connectivity index (χ3n) is 5.42. The molecule has 6 heteroatoms. The summed E-state index contributed by atoms with van der Waals surface area (Å²) < 4.78 is 9.32. The van der Waals surface area contributed by atoms with Crippen LogP contribution in [0.1, 0.15) is 16.8 Å². The Morgan fingerprint density at radius 3 is 2.55 bits per heavy atom. The number of nitrogens with zero attached hydrogens (tertiary/aromatic N) is 5. The fourth-order valence-electron chi connectivity index (χ4n) is 3.83. The quantitative estimate of drug-likeness (QED) is 0.454. The fourth-order valence-corrected chi connectivity index (χ4v) is 3.83. The molecule has 29 heavy (non-hydrogen) atoms. The van der Waals surface area contributed by atoms with Crippen molar-refractivity contribution in [1.29, 1.82) is 0 Å². The van der Waals surface area contributed by atoms with E-state index in [2.05, 4.69) is 48.6 Å². The van der Waals surface area contributed by atoms with Gasteiger partial charge >= 0.3 is 0 Å². The molecule has 0 atom stereocenters. The summed E-state index contributed by atoms with van der Waals surface area (Å²) in [6.07, 6.45) is 1.74. The first-order chi connectivity index (χ1) is 14.1. The Labute approximate surface area is 168 Å². The van der Waals surface area contributed by atoms with Gasteiger partial charge in [0, 0.05) is 17.3 Å². The summed E-state index contributed by atoms with van der Waals surface area (Å²) >= 11 is 0. The first-order valence-corrected chi connectivity index (χ1v) is 9.51. The lowest BCUT2D eigenvalue weighted by molar-refractivity contribution is 0.414. The number of aromatic nitrogens is 5. The van der Waals surface area contributed by atoms with Crippen LogP contribution in [0.3, 0.4) is 0 Å². The zero-order valence-corrected chi connectivity index (χ0v) is 16.8. The van der Waals surface area contributed by atoms with E-state index in [4.69, 9.17) is 14.7 Å². The number of ether oxygens (including phenoxy) is 1. The van der Waals surface area contributed by atoms with E-state index in [1.54, 1.807) is 18.0 Å². The minimum absolute atomic E-state index is 0.703. The average Bonchev–Trinajstić information content (AvgIpc) is 3.27. The molecule has 0 aliphatic carbocycles. The average molecular weight is 383 g/mol. The number of hydrogen-bond donors (Lipinski definition) is 0. The fraction of sp³-hybridized carbons (Fsp3) is 0.174. The Morgan fingerprint density at radius 2 is 1.76 bits per heavy atom. The molecule has 0 aliphatic rings. The summed E-state index contributed by atoms with van der Waals surface area (Å²) in [5.41, 5.74) is 7.13. The molecule has 5 rings (SSSR count). The van der Waals surface area contributed by atoms with Crippen LogP contribution in [0.2, 0.25) is 0 Å². The maximum Gasteiger partial charge on any atom is 0.182 e. The van der Waals surface area contributed by atoms with Gasteiger partial charge in [-0.3, -0.25) is 4.57 Å². The molecule has 6 nitrogen and oxygen atoms in total. The van der Waals surface area contributed by atoms with E-state index in [0.717, 1.165) is 44.9 Å². The first kappa shape index (κ1) is 17.4. The molecule has 3 aromatic heterocycles. The Morgan fingerprint density at radius 1 is 0.931 bits per heavy atom. The molecular weight excluding hydrogens is 362 g/mol. The van der Waals surface area contributed by atoms with Gasteiger partial charge in [-0.2, -0.15) is 0 Å². The van der Waals surface area contributed by atoms with Gasteiger partial charge in [-0.25, -0.2) is 14.5 Å². The molecular formula is C23H21N5O. The van der Waals surface area contributed by atoms with Crippen LogP contribution in [0.4, 0.5) is 0 Å². The summed E-state index contributed by atoms with van der Waals surface area (Å²) in [5.74, 6) is 1.51. The molecule has 0 unspecified atom stereocenters. The summed E-state index contributed by atoms with van der Waals surface area (Å²) in [7, 11) is 1.68. The standard InChI is InChI=1S/C23H21N5O/c1-14-7-5-8-17(11-14)21-25-23-20-15(2)16(3)28(22(20)24-13-27(23)26-21)18-9-6-10-19(12-18)29-4/h5-13H,1-4H3. The van der Waals surface area contributed by atoms with E-state index >= 15 is 0 Å². The largest absolute Gasteiger partial charge is 0.497 e. The molecule has 2 aromatic carbocycles. The monoisotopic (exact) mass is 383 g/mol. The molecule has 0 aliphatic heterocycles. The summed E-state index contributed by atoms with van der Waals surface area (Å²) in [5, 5.41) is 5.68. The first-order valence-electron chi connectivity index (χ1n) is 9.51. The summed E-state index contributed by atoms with van der Waals surface area (Å²) in [6, 6.07) is 16.2. The molecule has 0 fully saturated rings. The van der Waals surface area contributed by atoms with E-state index < -0.39 is 0 Å². The Hall–Kier alpha value is -3.67. The molecule has 0 saturated carbocycles. The molecule has 0 amide bonds. The van der Waals surface area contributed by atoms with Crippen molar-refractivity contribution < 1.29 is 4.74 Å². The number of methoxy groups -OCH3 is 1. The number of benzene rings is 2. The van der Waals surface area contributed by atoms with E-state index in [1.807, 2.05) is 30.3 Å². The number of hydrogen-bond acceptors (Lipinski definition) is 4. The lowest BCUT2D eigenvalue weighted by atomic mass is 10.1. The number of fused-ring (bicyclic) bond motifs is 3. The molecule has 0 N–H and O–H groups in total. The van der Waals surface area contributed by atoms with Gasteiger partial charge in [0.2, 0.25) is 0 Å². The maximum absolute atomic E-state index is 5.41. The maximum atomic E-state index is 5.41. The molecule has 5 aromatic rings. The highest BCUT2D eigenvalue weighted by molar-refractivity contribution is 5.95. The normalized spacial score (nSPS) is 11.4. The van der Waals surface area contributed by atoms with E-state index in [-0.39, 0.29) is 0 Å². The van der Waals surface area contributed by atoms with Crippen molar-refractivity contribution in [3.63, 3.8) is 0 Å². The predicted molar refractivity (Wildman–Crippen MR) is 114 cm³/mol. The van der Waals surface area contributed by atoms with Gasteiger partial charge in [0.05, 0.1) is 18.2 Å². The topological polar surface area (TPSA) is 57.2 Å². The minimum Gasteiger partial charge on any atom is -0.497 e. The van der Waals surface area contributed by atoms with Crippen molar-refractivity contribution in [1.82, 2.24) is 24.1 Å². The van der Waals surface area contributed by atoms with Crippen molar-refractivity contribution in [2.45, 2.75) is 20.8 Å². The zero-order valence-electron chi connectivity index (χ0n) is 16.8. The van der Waals surface area contributed by atoms with E-state index in [1.165, 1.54) is 5.56 Å². The molecule has 3 heterocycles. The van der Waals surface area contributed by atoms with Crippen molar-refractivity contribution in [2.75, 3.05) is 7.11 Å². The van der Waals surface area contributed by atoms with Gasteiger partial charge in [0.15, 0.2) is 17.1 Å². The second-order valence-electron chi connectivity index (χ2n) is 7.26. The van der Waals surface area contributed by atoms with Crippen molar-refractivity contribution in [3.8, 4) is 22.8 Å². The Balaban J connectivity index is 1.78. The van der Waals surface area contributed by atoms with Gasteiger partial charge in [-0.05, 0) is 44.5 Å². The predicted octanol–water partition coefficient (Wildman–Crippen LogP) is 4.67. The summed E-state index contributed by atoms with van der Waals surface area (Å²) in [4.78, 5) is 9.60. The van der Waals surface area contributed by atoms with Crippen LogP contribution in [0.25, 0.3) is 33.8 Å². The van der Waals surface area contributed by atoms with Crippen LogP contribution in [-0.4, -0.2) is 31.3 Å². The Bertz CT molecular complexity index is 1380. The molecule has 0 radical (unpaired) electrons. The van der Waals surface area contributed by atoms with Gasteiger partial charge in [0.25, 0.3) is 0 Å². The second kappa shape index (κ2) is 6.44. The van der Waals surface area contributed by atoms with Crippen molar-refractivity contribution >= 4 is 16.7 Å². The van der Waals surface area contributed by atoms with Crippen LogP contribution in [0.5, 0.6) is 5.75 Å². The molecule has 0 bridgehead atoms. The van der Waals surface area contributed by atoms with Gasteiger partial charge in [-0.1, -0.05) is 29.8 Å². The van der Waals surface area contributed by atoms with Crippen LogP contribution in [-0.2, 0) is 0 Å². The van der Waals surface area contributed by atoms with E-state index in [0.29, 0.717) is 5.82 Å². The van der Waals surface area contributed by atoms with Crippen molar-refractivity contribution in [3.05, 3.63) is 71.7 Å². The lowest BCUT2D eigenvalue weighted by Gasteiger charge is -2.09. The summed E-state index contributed by atoms with van der Waals surface area (Å²) in [6.45, 7) is 6.28. The van der Waals surface area contributed by atoms with Gasteiger partial charge in [0.1, 0.15) is 12.1 Å². The molecule has 0 spiro atoms. The third-order valence-corrected chi connectivity index (χ3v) is 5.42.